The number of nitrogens with zero attached hydrogens (tertiary/aromatic N) is 5. The number of rotatable bonds is 8. The molecule has 2 aromatic heterocycles. The molecule has 0 radical (unpaired) electrons. The Morgan fingerprint density at radius 1 is 1.24 bits per heavy atom. The lowest BCUT2D eigenvalue weighted by atomic mass is 10.00. The zero-order valence-electron chi connectivity index (χ0n) is 16.9. The number of aryl methyl sites for hydroxylation is 1. The molecule has 0 amide bonds. The number of imidazole rings is 1. The van der Waals surface area contributed by atoms with Gasteiger partial charge in [-0.2, -0.15) is 9.29 Å². The van der Waals surface area contributed by atoms with E-state index in [0.717, 1.165) is 19.4 Å². The van der Waals surface area contributed by atoms with Gasteiger partial charge in [0.25, 0.3) is 10.0 Å². The Morgan fingerprint density at radius 3 is 2.83 bits per heavy atom. The Hall–Kier alpha value is -1.78. The van der Waals surface area contributed by atoms with Gasteiger partial charge in [0.05, 0.1) is 18.9 Å². The minimum absolute atomic E-state index is 0.0753. The van der Waals surface area contributed by atoms with Crippen molar-refractivity contribution in [3.63, 3.8) is 0 Å². The average Bonchev–Trinajstić information content (AvgIpc) is 3.47. The smallest absolute Gasteiger partial charge is 0.262 e. The number of aromatic nitrogens is 4. The molecule has 0 bridgehead atoms. The second-order valence-electron chi connectivity index (χ2n) is 8.10. The van der Waals surface area contributed by atoms with Crippen molar-refractivity contribution in [3.8, 4) is 0 Å². The van der Waals surface area contributed by atoms with Gasteiger partial charge >= 0.3 is 0 Å². The van der Waals surface area contributed by atoms with E-state index in [9.17, 15) is 8.42 Å². The normalized spacial score (nSPS) is 21.8. The summed E-state index contributed by atoms with van der Waals surface area (Å²) in [6, 6.07) is 0. The summed E-state index contributed by atoms with van der Waals surface area (Å²) >= 11 is 0. The fourth-order valence-electron chi connectivity index (χ4n) is 4.14. The maximum atomic E-state index is 12.8. The van der Waals surface area contributed by atoms with Gasteiger partial charge < -0.3 is 13.8 Å². The first-order chi connectivity index (χ1) is 14.0. The Kier molecular flexibility index (Phi) is 6.31. The summed E-state index contributed by atoms with van der Waals surface area (Å²) in [6.45, 7) is 2.21. The molecule has 0 spiro atoms. The number of ether oxygens (including phenoxy) is 1. The summed E-state index contributed by atoms with van der Waals surface area (Å²) in [4.78, 5) is 8.50. The third-order valence-electron chi connectivity index (χ3n) is 5.80. The Morgan fingerprint density at radius 2 is 2.07 bits per heavy atom. The first-order valence-corrected chi connectivity index (χ1v) is 11.8. The summed E-state index contributed by atoms with van der Waals surface area (Å²) in [5.74, 6) is 1.74. The molecule has 1 saturated carbocycles. The highest BCUT2D eigenvalue weighted by molar-refractivity contribution is 7.89. The Balaban J connectivity index is 1.31. The molecule has 10 heteroatoms. The number of hydrogen-bond acceptors (Lipinski definition) is 7. The number of piperidine rings is 1. The van der Waals surface area contributed by atoms with Crippen LogP contribution in [0.5, 0.6) is 0 Å². The second-order valence-corrected chi connectivity index (χ2v) is 9.99. The van der Waals surface area contributed by atoms with E-state index in [1.165, 1.54) is 42.5 Å². The molecule has 1 atom stereocenters. The van der Waals surface area contributed by atoms with Gasteiger partial charge in [-0.25, -0.2) is 13.4 Å². The van der Waals surface area contributed by atoms with Crippen molar-refractivity contribution in [2.24, 2.45) is 13.0 Å². The van der Waals surface area contributed by atoms with Crippen LogP contribution in [-0.2, 0) is 28.2 Å². The van der Waals surface area contributed by atoms with E-state index in [1.54, 1.807) is 11.6 Å². The van der Waals surface area contributed by atoms with Crippen LogP contribution >= 0.6 is 0 Å². The highest BCUT2D eigenvalue weighted by atomic mass is 32.2. The molecule has 29 heavy (non-hydrogen) atoms. The van der Waals surface area contributed by atoms with E-state index >= 15 is 0 Å². The van der Waals surface area contributed by atoms with E-state index < -0.39 is 10.0 Å². The first kappa shape index (κ1) is 20.5. The van der Waals surface area contributed by atoms with Gasteiger partial charge in [0.2, 0.25) is 5.89 Å². The van der Waals surface area contributed by atoms with Gasteiger partial charge in [-0.1, -0.05) is 18.0 Å². The van der Waals surface area contributed by atoms with Gasteiger partial charge in [0.15, 0.2) is 10.9 Å². The lowest BCUT2D eigenvalue weighted by molar-refractivity contribution is 0.102. The molecule has 3 heterocycles. The van der Waals surface area contributed by atoms with Gasteiger partial charge in [0.1, 0.15) is 0 Å². The molecule has 0 N–H and O–H groups in total. The van der Waals surface area contributed by atoms with Crippen LogP contribution in [0, 0.1) is 5.92 Å². The molecular weight excluding hydrogens is 394 g/mol. The predicted molar refractivity (Wildman–Crippen MR) is 105 cm³/mol. The SMILES string of the molecule is Cn1cnc(S(=O)(=O)N2CCCC(c3nc(CCOCC4CCCC4)no3)C2)c1. The van der Waals surface area contributed by atoms with Crippen LogP contribution in [0.3, 0.4) is 0 Å². The molecule has 9 nitrogen and oxygen atoms in total. The second kappa shape index (κ2) is 8.93. The first-order valence-electron chi connectivity index (χ1n) is 10.4. The van der Waals surface area contributed by atoms with E-state index in [0.29, 0.717) is 43.8 Å². The van der Waals surface area contributed by atoms with Crippen LogP contribution in [0.4, 0.5) is 0 Å². The topological polar surface area (TPSA) is 103 Å². The zero-order chi connectivity index (χ0) is 20.3. The molecule has 2 aromatic rings. The monoisotopic (exact) mass is 423 g/mol. The predicted octanol–water partition coefficient (Wildman–Crippen LogP) is 2.12. The van der Waals surface area contributed by atoms with Crippen LogP contribution in [0.15, 0.2) is 22.1 Å². The quantitative estimate of drug-likeness (QED) is 0.599. The zero-order valence-corrected chi connectivity index (χ0v) is 17.7. The molecule has 0 aromatic carbocycles. The molecule has 2 fully saturated rings. The van der Waals surface area contributed by atoms with Gasteiger partial charge in [-0.15, -0.1) is 0 Å². The van der Waals surface area contributed by atoms with Crippen molar-refractivity contribution < 1.29 is 17.7 Å². The molecule has 4 rings (SSSR count). The van der Waals surface area contributed by atoms with Crippen molar-refractivity contribution in [2.75, 3.05) is 26.3 Å². The molecule has 1 aliphatic heterocycles. The molecule has 1 saturated heterocycles. The Labute approximate surface area is 171 Å². The third-order valence-corrected chi connectivity index (χ3v) is 7.55. The molecule has 160 valence electrons. The standard InChI is InChI=1S/C19H29N5O4S/c1-23-12-18(20-14-23)29(25,26)24-9-4-7-16(11-24)19-21-17(22-28-19)8-10-27-13-15-5-2-3-6-15/h12,14-16H,2-11,13H2,1H3. The van der Waals surface area contributed by atoms with Crippen molar-refractivity contribution in [1.82, 2.24) is 24.0 Å². The summed E-state index contributed by atoms with van der Waals surface area (Å²) in [7, 11) is -1.86. The van der Waals surface area contributed by atoms with E-state index in [-0.39, 0.29) is 10.9 Å². The van der Waals surface area contributed by atoms with Crippen LogP contribution in [-0.4, -0.2) is 58.7 Å². The molecule has 2 aliphatic rings. The average molecular weight is 424 g/mol. The van der Waals surface area contributed by atoms with Crippen LogP contribution in [0.1, 0.15) is 56.2 Å². The third kappa shape index (κ3) is 4.87. The lowest BCUT2D eigenvalue weighted by Crippen LogP contribution is -2.39. The molecule has 1 unspecified atom stereocenters. The summed E-state index contributed by atoms with van der Waals surface area (Å²) in [6.07, 6.45) is 10.4. The van der Waals surface area contributed by atoms with E-state index in [4.69, 9.17) is 9.26 Å². The number of hydrogen-bond donors (Lipinski definition) is 0. The van der Waals surface area contributed by atoms with E-state index in [2.05, 4.69) is 15.1 Å². The van der Waals surface area contributed by atoms with Crippen LogP contribution in [0.2, 0.25) is 0 Å². The maximum Gasteiger partial charge on any atom is 0.262 e. The largest absolute Gasteiger partial charge is 0.381 e. The minimum Gasteiger partial charge on any atom is -0.381 e. The Bertz CT molecular complexity index is 903. The highest BCUT2D eigenvalue weighted by Crippen LogP contribution is 2.29. The fourth-order valence-corrected chi connectivity index (χ4v) is 5.63. The highest BCUT2D eigenvalue weighted by Gasteiger charge is 2.34. The van der Waals surface area contributed by atoms with Crippen molar-refractivity contribution in [2.45, 2.75) is 55.9 Å². The van der Waals surface area contributed by atoms with E-state index in [1.807, 2.05) is 0 Å². The lowest BCUT2D eigenvalue weighted by Gasteiger charge is -2.29. The summed E-state index contributed by atoms with van der Waals surface area (Å²) in [5.41, 5.74) is 0. The molecular formula is C19H29N5O4S. The summed E-state index contributed by atoms with van der Waals surface area (Å²) in [5, 5.41) is 4.13. The van der Waals surface area contributed by atoms with Crippen molar-refractivity contribution >= 4 is 10.0 Å². The minimum atomic E-state index is -3.61. The van der Waals surface area contributed by atoms with Gasteiger partial charge in [-0.3, -0.25) is 0 Å². The maximum absolute atomic E-state index is 12.8. The fraction of sp³-hybridized carbons (Fsp3) is 0.737. The number of sulfonamides is 1. The van der Waals surface area contributed by atoms with Crippen molar-refractivity contribution in [3.05, 3.63) is 24.2 Å². The van der Waals surface area contributed by atoms with Gasteiger partial charge in [-0.05, 0) is 31.6 Å². The van der Waals surface area contributed by atoms with Gasteiger partial charge in [0, 0.05) is 39.4 Å². The van der Waals surface area contributed by atoms with Crippen LogP contribution < -0.4 is 0 Å². The molecule has 1 aliphatic carbocycles. The van der Waals surface area contributed by atoms with Crippen LogP contribution in [0.25, 0.3) is 0 Å². The summed E-state index contributed by atoms with van der Waals surface area (Å²) < 4.78 is 40.0. The van der Waals surface area contributed by atoms with Crippen molar-refractivity contribution in [1.29, 1.82) is 0 Å².